The zero-order chi connectivity index (χ0) is 20.6. The molecule has 3 aromatic rings. The predicted octanol–water partition coefficient (Wildman–Crippen LogP) is 4.89. The highest BCUT2D eigenvalue weighted by atomic mass is 35.5. The Morgan fingerprint density at radius 2 is 1.45 bits per heavy atom. The topological polar surface area (TPSA) is 44.8 Å². The van der Waals surface area contributed by atoms with E-state index in [4.69, 9.17) is 25.8 Å². The molecule has 3 aromatic carbocycles. The first-order valence-corrected chi connectivity index (χ1v) is 11.5. The van der Waals surface area contributed by atoms with Crippen LogP contribution in [0.2, 0.25) is 5.02 Å². The van der Waals surface area contributed by atoms with Crippen molar-refractivity contribution in [2.24, 2.45) is 0 Å². The van der Waals surface area contributed by atoms with Gasteiger partial charge in [0, 0.05) is 29.8 Å². The van der Waals surface area contributed by atoms with E-state index in [0.717, 1.165) is 0 Å². The number of benzene rings is 3. The second kappa shape index (κ2) is 7.44. The average Bonchev–Trinajstić information content (AvgIpc) is 3.07. The summed E-state index contributed by atoms with van der Waals surface area (Å²) in [6, 6.07) is 20.5. The fraction of sp³-hybridized carbons (Fsp3) is 0.217. The van der Waals surface area contributed by atoms with Crippen LogP contribution in [0.1, 0.15) is 20.8 Å². The summed E-state index contributed by atoms with van der Waals surface area (Å²) in [6.07, 6.45) is 0. The zero-order valence-corrected chi connectivity index (χ0v) is 18.2. The Balaban J connectivity index is 2.03. The highest BCUT2D eigenvalue weighted by Crippen LogP contribution is 2.54. The van der Waals surface area contributed by atoms with E-state index < -0.39 is 12.9 Å². The molecule has 0 saturated carbocycles. The number of ether oxygens (including phenoxy) is 3. The predicted molar refractivity (Wildman–Crippen MR) is 117 cm³/mol. The molecule has 1 heterocycles. The third-order valence-electron chi connectivity index (χ3n) is 4.70. The van der Waals surface area contributed by atoms with Gasteiger partial charge in [-0.15, -0.1) is 0 Å². The summed E-state index contributed by atoms with van der Waals surface area (Å²) in [6.45, 7) is 5.91. The summed E-state index contributed by atoms with van der Waals surface area (Å²) in [7, 11) is -3.29. The van der Waals surface area contributed by atoms with E-state index in [-0.39, 0.29) is 5.02 Å². The molecule has 0 saturated heterocycles. The van der Waals surface area contributed by atoms with Crippen LogP contribution in [-0.4, -0.2) is 12.4 Å². The number of hydrogen-bond donors (Lipinski definition) is 0. The molecule has 4 rings (SSSR count). The Labute approximate surface area is 175 Å². The maximum atomic E-state index is 14.7. The molecule has 29 heavy (non-hydrogen) atoms. The van der Waals surface area contributed by atoms with Gasteiger partial charge in [-0.3, -0.25) is 0 Å². The second-order valence-electron chi connectivity index (χ2n) is 7.18. The number of halogens is 1. The van der Waals surface area contributed by atoms with E-state index in [2.05, 4.69) is 0 Å². The molecule has 6 heteroatoms. The van der Waals surface area contributed by atoms with Crippen molar-refractivity contribution in [2.45, 2.75) is 26.6 Å². The molecule has 4 nitrogen and oxygen atoms in total. The maximum Gasteiger partial charge on any atom is 0.246 e. The summed E-state index contributed by atoms with van der Waals surface area (Å²) in [5.74, 6) is 0.391. The second-order valence-corrected chi connectivity index (χ2v) is 10.3. The lowest BCUT2D eigenvalue weighted by atomic mass is 10.3. The van der Waals surface area contributed by atoms with Crippen LogP contribution in [-0.2, 0) is 4.57 Å². The molecule has 1 aliphatic heterocycles. The SMILES string of the molecule is CCOc1cc(P(=O)(c2ccccc2)c2ccccc2)c(Cl)c2c1OC(C)(C)O2. The van der Waals surface area contributed by atoms with Gasteiger partial charge in [0.1, 0.15) is 0 Å². The number of hydrogen-bond acceptors (Lipinski definition) is 4. The smallest absolute Gasteiger partial charge is 0.246 e. The summed E-state index contributed by atoms with van der Waals surface area (Å²) in [5.41, 5.74) is 0. The van der Waals surface area contributed by atoms with Crippen LogP contribution < -0.4 is 30.1 Å². The van der Waals surface area contributed by atoms with Crippen LogP contribution in [0.4, 0.5) is 0 Å². The lowest BCUT2D eigenvalue weighted by molar-refractivity contribution is -0.0440. The van der Waals surface area contributed by atoms with E-state index in [0.29, 0.717) is 39.8 Å². The first kappa shape index (κ1) is 19.9. The monoisotopic (exact) mass is 428 g/mol. The standard InChI is InChI=1S/C23H22ClO4P/c1-4-26-18-15-19(20(24)22-21(18)27-23(2,3)28-22)29(25,16-11-7-5-8-12-16)17-13-9-6-10-14-17/h5-15H,4H2,1-3H3. The molecule has 0 amide bonds. The molecule has 0 spiro atoms. The third kappa shape index (κ3) is 3.41. The van der Waals surface area contributed by atoms with E-state index in [1.54, 1.807) is 19.9 Å². The lowest BCUT2D eigenvalue weighted by Crippen LogP contribution is -2.30. The summed E-state index contributed by atoms with van der Waals surface area (Å²) in [5, 5.41) is 2.13. The fourth-order valence-corrected chi connectivity index (χ4v) is 6.73. The van der Waals surface area contributed by atoms with Gasteiger partial charge in [-0.2, -0.15) is 0 Å². The molecule has 0 unspecified atom stereocenters. The van der Waals surface area contributed by atoms with Gasteiger partial charge in [-0.05, 0) is 13.0 Å². The maximum absolute atomic E-state index is 14.7. The van der Waals surface area contributed by atoms with E-state index in [9.17, 15) is 4.57 Å². The molecular formula is C23H22ClO4P. The minimum atomic E-state index is -3.29. The van der Waals surface area contributed by atoms with Crippen LogP contribution in [0, 0.1) is 0 Å². The van der Waals surface area contributed by atoms with Crippen LogP contribution in [0.3, 0.4) is 0 Å². The van der Waals surface area contributed by atoms with Crippen LogP contribution in [0.5, 0.6) is 17.2 Å². The van der Waals surface area contributed by atoms with Gasteiger partial charge in [-0.1, -0.05) is 72.3 Å². The Morgan fingerprint density at radius 1 is 0.931 bits per heavy atom. The minimum absolute atomic E-state index is 0.282. The first-order valence-electron chi connectivity index (χ1n) is 9.46. The molecule has 0 aromatic heterocycles. The average molecular weight is 429 g/mol. The molecule has 150 valence electrons. The van der Waals surface area contributed by atoms with Gasteiger partial charge >= 0.3 is 0 Å². The van der Waals surface area contributed by atoms with Crippen molar-refractivity contribution in [1.82, 2.24) is 0 Å². The lowest BCUT2D eigenvalue weighted by Gasteiger charge is -2.22. The van der Waals surface area contributed by atoms with Gasteiger partial charge < -0.3 is 18.8 Å². The number of rotatable bonds is 5. The van der Waals surface area contributed by atoms with Gasteiger partial charge in [0.2, 0.25) is 11.5 Å². The van der Waals surface area contributed by atoms with Crippen LogP contribution in [0.15, 0.2) is 66.7 Å². The van der Waals surface area contributed by atoms with E-state index >= 15 is 0 Å². The van der Waals surface area contributed by atoms with Gasteiger partial charge in [0.15, 0.2) is 18.6 Å². The van der Waals surface area contributed by atoms with Crippen molar-refractivity contribution in [3.8, 4) is 17.2 Å². The molecule has 1 aliphatic rings. The van der Waals surface area contributed by atoms with Crippen molar-refractivity contribution < 1.29 is 18.8 Å². The molecule has 0 radical (unpaired) electrons. The first-order chi connectivity index (χ1) is 13.9. The van der Waals surface area contributed by atoms with Gasteiger partial charge in [-0.25, -0.2) is 0 Å². The Kier molecular flexibility index (Phi) is 5.10. The van der Waals surface area contributed by atoms with Gasteiger partial charge in [0.05, 0.1) is 11.6 Å². The fourth-order valence-electron chi connectivity index (χ4n) is 3.48. The quantitative estimate of drug-likeness (QED) is 0.543. The molecule has 0 N–H and O–H groups in total. The normalized spacial score (nSPS) is 14.6. The third-order valence-corrected chi connectivity index (χ3v) is 8.29. The summed E-state index contributed by atoms with van der Waals surface area (Å²) in [4.78, 5) is 0. The van der Waals surface area contributed by atoms with Crippen molar-refractivity contribution in [3.05, 3.63) is 71.8 Å². The summed E-state index contributed by atoms with van der Waals surface area (Å²) < 4.78 is 32.4. The van der Waals surface area contributed by atoms with Crippen molar-refractivity contribution in [2.75, 3.05) is 6.61 Å². The van der Waals surface area contributed by atoms with Crippen molar-refractivity contribution in [3.63, 3.8) is 0 Å². The zero-order valence-electron chi connectivity index (χ0n) is 16.5. The van der Waals surface area contributed by atoms with E-state index in [1.807, 2.05) is 67.6 Å². The summed E-state index contributed by atoms with van der Waals surface area (Å²) >= 11 is 6.81. The highest BCUT2D eigenvalue weighted by molar-refractivity contribution is 7.85. The van der Waals surface area contributed by atoms with Crippen LogP contribution >= 0.6 is 18.7 Å². The molecule has 0 aliphatic carbocycles. The molecular weight excluding hydrogens is 407 g/mol. The molecule has 0 atom stereocenters. The Morgan fingerprint density at radius 3 is 1.97 bits per heavy atom. The van der Waals surface area contributed by atoms with Crippen molar-refractivity contribution >= 4 is 34.7 Å². The van der Waals surface area contributed by atoms with Crippen LogP contribution in [0.25, 0.3) is 0 Å². The Bertz CT molecular complexity index is 1040. The largest absolute Gasteiger partial charge is 0.490 e. The Hall–Kier alpha value is -2.42. The highest BCUT2D eigenvalue weighted by Gasteiger charge is 2.41. The molecule has 0 fully saturated rings. The van der Waals surface area contributed by atoms with Gasteiger partial charge in [0.25, 0.3) is 0 Å². The number of fused-ring (bicyclic) bond motifs is 1. The minimum Gasteiger partial charge on any atom is -0.490 e. The van der Waals surface area contributed by atoms with Crippen molar-refractivity contribution in [1.29, 1.82) is 0 Å². The molecule has 0 bridgehead atoms. The van der Waals surface area contributed by atoms with E-state index in [1.165, 1.54) is 0 Å².